The Morgan fingerprint density at radius 2 is 1.79 bits per heavy atom. The van der Waals surface area contributed by atoms with Gasteiger partial charge in [0, 0.05) is 18.8 Å². The lowest BCUT2D eigenvalue weighted by Crippen LogP contribution is -2.40. The van der Waals surface area contributed by atoms with Crippen molar-refractivity contribution in [2.75, 3.05) is 38.7 Å². The van der Waals surface area contributed by atoms with Gasteiger partial charge in [-0.25, -0.2) is 8.42 Å². The molecule has 180 valence electrons. The van der Waals surface area contributed by atoms with Crippen molar-refractivity contribution in [2.24, 2.45) is 0 Å². The number of anilines is 1. The van der Waals surface area contributed by atoms with Crippen LogP contribution in [0.15, 0.2) is 65.6 Å². The summed E-state index contributed by atoms with van der Waals surface area (Å²) in [5.41, 5.74) is 0.346. The zero-order valence-corrected chi connectivity index (χ0v) is 20.0. The van der Waals surface area contributed by atoms with Gasteiger partial charge >= 0.3 is 0 Å². The van der Waals surface area contributed by atoms with Gasteiger partial charge in [0.25, 0.3) is 5.91 Å². The van der Waals surface area contributed by atoms with Crippen molar-refractivity contribution in [3.05, 3.63) is 60.7 Å². The first-order chi connectivity index (χ1) is 16.4. The molecule has 1 N–H and O–H groups in total. The fraction of sp³-hybridized carbons (Fsp3) is 0.320. The van der Waals surface area contributed by atoms with Gasteiger partial charge in [0.05, 0.1) is 20.3 Å². The van der Waals surface area contributed by atoms with E-state index in [4.69, 9.17) is 14.2 Å². The molecule has 34 heavy (non-hydrogen) atoms. The van der Waals surface area contributed by atoms with Gasteiger partial charge in [-0.3, -0.25) is 4.79 Å². The third kappa shape index (κ3) is 5.16. The standard InChI is InChI=1S/C25H28N2O6S/c1-3-22(33-21-10-8-18-6-4-5-7-19(18)16-21)25(28)26-20-9-11-23(31-2)24(17-20)34(29,30)27-12-14-32-15-13-27/h4-11,16-17,22H,3,12-15H2,1-2H3,(H,26,28)/t22-/m0/s1. The highest BCUT2D eigenvalue weighted by atomic mass is 32.2. The molecule has 3 aromatic rings. The number of hydrogen-bond donors (Lipinski definition) is 1. The minimum absolute atomic E-state index is 0.00167. The molecule has 9 heteroatoms. The van der Waals surface area contributed by atoms with Gasteiger partial charge in [-0.1, -0.05) is 37.3 Å². The number of methoxy groups -OCH3 is 1. The van der Waals surface area contributed by atoms with Crippen molar-refractivity contribution in [2.45, 2.75) is 24.3 Å². The minimum Gasteiger partial charge on any atom is -0.495 e. The molecule has 1 heterocycles. The van der Waals surface area contributed by atoms with Crippen LogP contribution in [0.2, 0.25) is 0 Å². The summed E-state index contributed by atoms with van der Waals surface area (Å²) in [6.45, 7) is 3.05. The molecule has 0 spiro atoms. The van der Waals surface area contributed by atoms with E-state index in [0.29, 0.717) is 31.1 Å². The number of carbonyl (C=O) groups is 1. The molecule has 0 unspecified atom stereocenters. The molecule has 1 amide bonds. The quantitative estimate of drug-likeness (QED) is 0.524. The van der Waals surface area contributed by atoms with Gasteiger partial charge in [-0.2, -0.15) is 4.31 Å². The predicted octanol–water partition coefficient (Wildman–Crippen LogP) is 3.67. The minimum atomic E-state index is -3.81. The lowest BCUT2D eigenvalue weighted by Gasteiger charge is -2.27. The molecule has 3 aromatic carbocycles. The maximum absolute atomic E-state index is 13.2. The van der Waals surface area contributed by atoms with E-state index in [1.165, 1.54) is 23.5 Å². The normalized spacial score (nSPS) is 15.6. The zero-order valence-electron chi connectivity index (χ0n) is 19.2. The molecule has 0 saturated carbocycles. The topological polar surface area (TPSA) is 94.2 Å². The maximum Gasteiger partial charge on any atom is 0.265 e. The van der Waals surface area contributed by atoms with Crippen LogP contribution in [-0.2, 0) is 19.6 Å². The molecule has 1 aliphatic rings. The number of rotatable bonds is 8. The number of hydrogen-bond acceptors (Lipinski definition) is 6. The first-order valence-corrected chi connectivity index (χ1v) is 12.6. The number of carbonyl (C=O) groups excluding carboxylic acids is 1. The summed E-state index contributed by atoms with van der Waals surface area (Å²) in [6.07, 6.45) is -0.309. The highest BCUT2D eigenvalue weighted by Gasteiger charge is 2.30. The largest absolute Gasteiger partial charge is 0.495 e. The van der Waals surface area contributed by atoms with Gasteiger partial charge in [0.2, 0.25) is 10.0 Å². The Morgan fingerprint density at radius 1 is 1.06 bits per heavy atom. The molecule has 4 rings (SSSR count). The highest BCUT2D eigenvalue weighted by Crippen LogP contribution is 2.30. The molecule has 0 radical (unpaired) electrons. The van der Waals surface area contributed by atoms with E-state index in [1.807, 2.05) is 49.4 Å². The third-order valence-electron chi connectivity index (χ3n) is 5.68. The van der Waals surface area contributed by atoms with Crippen LogP contribution in [0.5, 0.6) is 11.5 Å². The van der Waals surface area contributed by atoms with Gasteiger partial charge in [-0.15, -0.1) is 0 Å². The van der Waals surface area contributed by atoms with E-state index in [1.54, 1.807) is 6.07 Å². The third-order valence-corrected chi connectivity index (χ3v) is 7.60. The van der Waals surface area contributed by atoms with Crippen molar-refractivity contribution in [1.82, 2.24) is 4.31 Å². The summed E-state index contributed by atoms with van der Waals surface area (Å²) in [6, 6.07) is 18.1. The molecule has 1 atom stereocenters. The second-order valence-electron chi connectivity index (χ2n) is 7.90. The van der Waals surface area contributed by atoms with Crippen molar-refractivity contribution in [1.29, 1.82) is 0 Å². The van der Waals surface area contributed by atoms with Crippen LogP contribution in [0, 0.1) is 0 Å². The van der Waals surface area contributed by atoms with Crippen LogP contribution < -0.4 is 14.8 Å². The lowest BCUT2D eigenvalue weighted by molar-refractivity contribution is -0.122. The summed E-state index contributed by atoms with van der Waals surface area (Å²) in [7, 11) is -2.40. The number of nitrogens with zero attached hydrogens (tertiary/aromatic N) is 1. The summed E-state index contributed by atoms with van der Waals surface area (Å²) >= 11 is 0. The summed E-state index contributed by atoms with van der Waals surface area (Å²) < 4.78 is 44.3. The number of amides is 1. The van der Waals surface area contributed by atoms with E-state index in [-0.39, 0.29) is 29.6 Å². The average Bonchev–Trinajstić information content (AvgIpc) is 2.87. The summed E-state index contributed by atoms with van der Waals surface area (Å²) in [4.78, 5) is 13.0. The van der Waals surface area contributed by atoms with Crippen LogP contribution >= 0.6 is 0 Å². The Hall–Kier alpha value is -3.14. The Balaban J connectivity index is 1.53. The van der Waals surface area contributed by atoms with Gasteiger partial charge < -0.3 is 19.5 Å². The number of fused-ring (bicyclic) bond motifs is 1. The van der Waals surface area contributed by atoms with E-state index >= 15 is 0 Å². The molecular weight excluding hydrogens is 456 g/mol. The van der Waals surface area contributed by atoms with Crippen molar-refractivity contribution < 1.29 is 27.4 Å². The van der Waals surface area contributed by atoms with E-state index in [0.717, 1.165) is 10.8 Å². The van der Waals surface area contributed by atoms with Crippen LogP contribution in [-0.4, -0.2) is 58.1 Å². The smallest absolute Gasteiger partial charge is 0.265 e. The fourth-order valence-electron chi connectivity index (χ4n) is 3.83. The van der Waals surface area contributed by atoms with Gasteiger partial charge in [0.15, 0.2) is 6.10 Å². The van der Waals surface area contributed by atoms with Crippen molar-refractivity contribution >= 4 is 32.4 Å². The van der Waals surface area contributed by atoms with E-state index < -0.39 is 16.1 Å². The Morgan fingerprint density at radius 3 is 2.50 bits per heavy atom. The van der Waals surface area contributed by atoms with Crippen LogP contribution in [0.1, 0.15) is 13.3 Å². The Labute approximate surface area is 199 Å². The van der Waals surface area contributed by atoms with Crippen LogP contribution in [0.3, 0.4) is 0 Å². The zero-order chi connectivity index (χ0) is 24.1. The fourth-order valence-corrected chi connectivity index (χ4v) is 5.42. The number of morpholine rings is 1. The molecule has 1 fully saturated rings. The van der Waals surface area contributed by atoms with Crippen molar-refractivity contribution in [3.8, 4) is 11.5 Å². The molecule has 0 bridgehead atoms. The highest BCUT2D eigenvalue weighted by molar-refractivity contribution is 7.89. The monoisotopic (exact) mass is 484 g/mol. The summed E-state index contributed by atoms with van der Waals surface area (Å²) in [5.74, 6) is 0.436. The SMILES string of the molecule is CC[C@H](Oc1ccc2ccccc2c1)C(=O)Nc1ccc(OC)c(S(=O)(=O)N2CCOCC2)c1. The number of benzene rings is 3. The first kappa shape index (κ1) is 24.0. The second kappa shape index (κ2) is 10.4. The molecule has 8 nitrogen and oxygen atoms in total. The summed E-state index contributed by atoms with van der Waals surface area (Å²) in [5, 5.41) is 4.89. The molecule has 1 saturated heterocycles. The molecule has 0 aromatic heterocycles. The number of nitrogens with one attached hydrogen (secondary N) is 1. The number of sulfonamides is 1. The number of ether oxygens (including phenoxy) is 3. The average molecular weight is 485 g/mol. The van der Waals surface area contributed by atoms with Gasteiger partial charge in [-0.05, 0) is 47.5 Å². The first-order valence-electron chi connectivity index (χ1n) is 11.1. The molecule has 1 aliphatic heterocycles. The lowest BCUT2D eigenvalue weighted by atomic mass is 10.1. The van der Waals surface area contributed by atoms with Crippen LogP contribution in [0.25, 0.3) is 10.8 Å². The van der Waals surface area contributed by atoms with Crippen molar-refractivity contribution in [3.63, 3.8) is 0 Å². The van der Waals surface area contributed by atoms with Crippen LogP contribution in [0.4, 0.5) is 5.69 Å². The van der Waals surface area contributed by atoms with Gasteiger partial charge in [0.1, 0.15) is 16.4 Å². The van der Waals surface area contributed by atoms with E-state index in [2.05, 4.69) is 5.32 Å². The second-order valence-corrected chi connectivity index (χ2v) is 9.80. The van der Waals surface area contributed by atoms with E-state index in [9.17, 15) is 13.2 Å². The Bertz CT molecular complexity index is 1270. The molecular formula is C25H28N2O6S. The predicted molar refractivity (Wildman–Crippen MR) is 130 cm³/mol. The maximum atomic E-state index is 13.2. The Kier molecular flexibility index (Phi) is 7.35. The molecule has 0 aliphatic carbocycles.